The lowest BCUT2D eigenvalue weighted by atomic mass is 10.3. The molecule has 1 aromatic carbocycles. The molecule has 7 nitrogen and oxygen atoms in total. The average Bonchev–Trinajstić information content (AvgIpc) is 2.82. The minimum absolute atomic E-state index is 0.176. The second kappa shape index (κ2) is 4.72. The van der Waals surface area contributed by atoms with Crippen LogP contribution in [0.25, 0.3) is 11.0 Å². The molecule has 1 amide bonds. The maximum absolute atomic E-state index is 12.4. The van der Waals surface area contributed by atoms with E-state index in [2.05, 4.69) is 15.3 Å². The van der Waals surface area contributed by atoms with Gasteiger partial charge in [0.2, 0.25) is 11.1 Å². The van der Waals surface area contributed by atoms with Crippen LogP contribution in [0.2, 0.25) is 5.02 Å². The third-order valence-corrected chi connectivity index (χ3v) is 4.92. The fourth-order valence-corrected chi connectivity index (χ4v) is 3.51. The average molecular weight is 315 g/mol. The lowest BCUT2D eigenvalue weighted by Crippen LogP contribution is -2.50. The highest BCUT2D eigenvalue weighted by Crippen LogP contribution is 2.21. The van der Waals surface area contributed by atoms with Crippen LogP contribution in [0.5, 0.6) is 0 Å². The highest BCUT2D eigenvalue weighted by molar-refractivity contribution is 7.89. The number of sulfonamides is 1. The Bertz CT molecular complexity index is 786. The Hall–Kier alpha value is -1.64. The molecular formula is C11H11ClN4O3S. The number of hydrogen-bond donors (Lipinski definition) is 2. The summed E-state index contributed by atoms with van der Waals surface area (Å²) in [6, 6.07) is 4.87. The van der Waals surface area contributed by atoms with E-state index in [0.717, 1.165) is 4.31 Å². The number of piperazine rings is 1. The van der Waals surface area contributed by atoms with Crippen LogP contribution >= 0.6 is 11.6 Å². The summed E-state index contributed by atoms with van der Waals surface area (Å²) in [4.78, 5) is 18.1. The van der Waals surface area contributed by atoms with Gasteiger partial charge in [-0.3, -0.25) is 4.79 Å². The van der Waals surface area contributed by atoms with Crippen molar-refractivity contribution >= 4 is 38.6 Å². The number of aromatic nitrogens is 2. The number of nitrogens with one attached hydrogen (secondary N) is 2. The first-order chi connectivity index (χ1) is 9.46. The molecule has 2 N–H and O–H groups in total. The molecule has 2 heterocycles. The van der Waals surface area contributed by atoms with E-state index in [1.54, 1.807) is 18.2 Å². The van der Waals surface area contributed by atoms with E-state index < -0.39 is 10.0 Å². The van der Waals surface area contributed by atoms with Crippen LogP contribution in [0.3, 0.4) is 0 Å². The largest absolute Gasteiger partial charge is 0.354 e. The second-order valence-corrected chi connectivity index (χ2v) is 6.68. The molecular weight excluding hydrogens is 304 g/mol. The van der Waals surface area contributed by atoms with E-state index in [1.807, 2.05) is 0 Å². The molecule has 0 saturated carbocycles. The summed E-state index contributed by atoms with van der Waals surface area (Å²) in [5.74, 6) is -0.320. The van der Waals surface area contributed by atoms with Gasteiger partial charge in [-0.2, -0.15) is 4.31 Å². The van der Waals surface area contributed by atoms with Gasteiger partial charge in [0.05, 0.1) is 17.6 Å². The number of nitrogens with zero attached hydrogens (tertiary/aromatic N) is 2. The Morgan fingerprint density at radius 2 is 2.15 bits per heavy atom. The number of H-pyrrole nitrogens is 1. The van der Waals surface area contributed by atoms with Gasteiger partial charge in [0, 0.05) is 18.1 Å². The summed E-state index contributed by atoms with van der Waals surface area (Å²) < 4.78 is 25.9. The van der Waals surface area contributed by atoms with Crippen LogP contribution < -0.4 is 5.32 Å². The van der Waals surface area contributed by atoms with Crippen molar-refractivity contribution in [2.24, 2.45) is 0 Å². The molecule has 0 spiro atoms. The van der Waals surface area contributed by atoms with Gasteiger partial charge in [0.15, 0.2) is 0 Å². The SMILES string of the molecule is O=C1CN(S(=O)(=O)c2nc3ccc(Cl)cc3[nH]2)CCN1. The number of halogens is 1. The first kappa shape index (κ1) is 13.3. The van der Waals surface area contributed by atoms with Gasteiger partial charge in [-0.25, -0.2) is 13.4 Å². The van der Waals surface area contributed by atoms with Crippen molar-refractivity contribution in [1.29, 1.82) is 0 Å². The Kier molecular flexibility index (Phi) is 3.15. The smallest absolute Gasteiger partial charge is 0.277 e. The van der Waals surface area contributed by atoms with Crippen molar-refractivity contribution in [1.82, 2.24) is 19.6 Å². The van der Waals surface area contributed by atoms with Crippen molar-refractivity contribution in [3.63, 3.8) is 0 Å². The third-order valence-electron chi connectivity index (χ3n) is 3.01. The van der Waals surface area contributed by atoms with Crippen LogP contribution in [0, 0.1) is 0 Å². The van der Waals surface area contributed by atoms with Crippen molar-refractivity contribution < 1.29 is 13.2 Å². The Morgan fingerprint density at radius 3 is 2.90 bits per heavy atom. The highest BCUT2D eigenvalue weighted by Gasteiger charge is 2.31. The van der Waals surface area contributed by atoms with E-state index >= 15 is 0 Å². The number of benzene rings is 1. The number of rotatable bonds is 2. The molecule has 9 heteroatoms. The molecule has 20 heavy (non-hydrogen) atoms. The number of aromatic amines is 1. The second-order valence-electron chi connectivity index (χ2n) is 4.39. The first-order valence-corrected chi connectivity index (χ1v) is 7.71. The van der Waals surface area contributed by atoms with Gasteiger partial charge in [-0.15, -0.1) is 0 Å². The van der Waals surface area contributed by atoms with Gasteiger partial charge in [-0.1, -0.05) is 11.6 Å². The van der Waals surface area contributed by atoms with Gasteiger partial charge >= 0.3 is 0 Å². The zero-order chi connectivity index (χ0) is 14.3. The van der Waals surface area contributed by atoms with Gasteiger partial charge < -0.3 is 10.3 Å². The Labute approximate surface area is 120 Å². The number of carbonyl (C=O) groups excluding carboxylic acids is 1. The quantitative estimate of drug-likeness (QED) is 0.835. The normalized spacial score (nSPS) is 17.4. The van der Waals surface area contributed by atoms with Crippen molar-refractivity contribution in [2.45, 2.75) is 5.16 Å². The van der Waals surface area contributed by atoms with Crippen LogP contribution in [0.4, 0.5) is 0 Å². The fraction of sp³-hybridized carbons (Fsp3) is 0.273. The Balaban J connectivity index is 2.02. The molecule has 1 aliphatic rings. The first-order valence-electron chi connectivity index (χ1n) is 5.89. The number of imidazole rings is 1. The van der Waals surface area contributed by atoms with Gasteiger partial charge in [0.25, 0.3) is 10.0 Å². The molecule has 0 aliphatic carbocycles. The summed E-state index contributed by atoms with van der Waals surface area (Å²) >= 11 is 5.85. The molecule has 1 aliphatic heterocycles. The summed E-state index contributed by atoms with van der Waals surface area (Å²) in [5, 5.41) is 2.89. The molecule has 0 bridgehead atoms. The monoisotopic (exact) mass is 314 g/mol. The number of amides is 1. The zero-order valence-corrected chi connectivity index (χ0v) is 11.8. The highest BCUT2D eigenvalue weighted by atomic mass is 35.5. The van der Waals surface area contributed by atoms with Crippen LogP contribution in [-0.4, -0.2) is 48.2 Å². The molecule has 1 saturated heterocycles. The maximum atomic E-state index is 12.4. The molecule has 106 valence electrons. The fourth-order valence-electron chi connectivity index (χ4n) is 2.02. The number of hydrogen-bond acceptors (Lipinski definition) is 4. The molecule has 2 aromatic rings. The molecule has 0 radical (unpaired) electrons. The minimum atomic E-state index is -3.81. The maximum Gasteiger partial charge on any atom is 0.277 e. The van der Waals surface area contributed by atoms with E-state index in [9.17, 15) is 13.2 Å². The summed E-state index contributed by atoms with van der Waals surface area (Å²) in [5.41, 5.74) is 1.05. The standard InChI is InChI=1S/C11H11ClN4O3S/c12-7-1-2-8-9(5-7)15-11(14-8)20(18,19)16-4-3-13-10(17)6-16/h1-2,5H,3-4,6H2,(H,13,17)(H,14,15). The van der Waals surface area contributed by atoms with Crippen LogP contribution in [-0.2, 0) is 14.8 Å². The van der Waals surface area contributed by atoms with Crippen molar-refractivity contribution in [2.75, 3.05) is 19.6 Å². The summed E-state index contributed by atoms with van der Waals surface area (Å²) in [6.45, 7) is 0.329. The lowest BCUT2D eigenvalue weighted by molar-refractivity contribution is -0.122. The van der Waals surface area contributed by atoms with Gasteiger partial charge in [0.1, 0.15) is 0 Å². The summed E-state index contributed by atoms with van der Waals surface area (Å²) in [6.07, 6.45) is 0. The topological polar surface area (TPSA) is 95.2 Å². The van der Waals surface area contributed by atoms with E-state index in [4.69, 9.17) is 11.6 Å². The molecule has 0 unspecified atom stereocenters. The molecule has 1 aromatic heterocycles. The van der Waals surface area contributed by atoms with Crippen molar-refractivity contribution in [3.05, 3.63) is 23.2 Å². The van der Waals surface area contributed by atoms with E-state index in [0.29, 0.717) is 22.6 Å². The lowest BCUT2D eigenvalue weighted by Gasteiger charge is -2.24. The predicted octanol–water partition coefficient (Wildman–Crippen LogP) is 0.337. The summed E-state index contributed by atoms with van der Waals surface area (Å²) in [7, 11) is -3.81. The zero-order valence-electron chi connectivity index (χ0n) is 10.3. The molecule has 1 fully saturated rings. The van der Waals surface area contributed by atoms with Crippen LogP contribution in [0.15, 0.2) is 23.4 Å². The Morgan fingerprint density at radius 1 is 1.35 bits per heavy atom. The van der Waals surface area contributed by atoms with Crippen LogP contribution in [0.1, 0.15) is 0 Å². The third kappa shape index (κ3) is 2.26. The number of fused-ring (bicyclic) bond motifs is 1. The predicted molar refractivity (Wildman–Crippen MR) is 72.9 cm³/mol. The molecule has 3 rings (SSSR count). The minimum Gasteiger partial charge on any atom is -0.354 e. The van der Waals surface area contributed by atoms with Gasteiger partial charge in [-0.05, 0) is 18.2 Å². The number of carbonyl (C=O) groups is 1. The molecule has 0 atom stereocenters. The van der Waals surface area contributed by atoms with Crippen molar-refractivity contribution in [3.8, 4) is 0 Å². The van der Waals surface area contributed by atoms with E-state index in [-0.39, 0.29) is 24.2 Å². The van der Waals surface area contributed by atoms with E-state index in [1.165, 1.54) is 0 Å².